The van der Waals surface area contributed by atoms with E-state index in [0.29, 0.717) is 23.0 Å². The molecular weight excluding hydrogens is 373 g/mol. The van der Waals surface area contributed by atoms with Gasteiger partial charge in [0.1, 0.15) is 17.3 Å². The summed E-state index contributed by atoms with van der Waals surface area (Å²) in [4.78, 5) is 4.04. The number of nitrogens with zero attached hydrogens (tertiary/aromatic N) is 7. The van der Waals surface area contributed by atoms with E-state index in [0.717, 1.165) is 16.7 Å². The van der Waals surface area contributed by atoms with E-state index in [2.05, 4.69) is 25.4 Å². The summed E-state index contributed by atoms with van der Waals surface area (Å²) in [5, 5.41) is 16.9. The molecule has 4 aromatic heterocycles. The van der Waals surface area contributed by atoms with Crippen LogP contribution in [0.5, 0.6) is 0 Å². The molecule has 0 amide bonds. The Kier molecular flexibility index (Phi) is 3.69. The highest BCUT2D eigenvalue weighted by Crippen LogP contribution is 2.32. The second kappa shape index (κ2) is 6.37. The van der Waals surface area contributed by atoms with Gasteiger partial charge in [-0.15, -0.1) is 15.3 Å². The third-order valence-electron chi connectivity index (χ3n) is 4.43. The molecule has 5 rings (SSSR count). The van der Waals surface area contributed by atoms with Gasteiger partial charge in [0, 0.05) is 23.5 Å². The molecule has 10 heteroatoms. The molecule has 0 saturated carbocycles. The van der Waals surface area contributed by atoms with Gasteiger partial charge in [-0.05, 0) is 54.1 Å². The summed E-state index contributed by atoms with van der Waals surface area (Å²) in [6, 6.07) is 13.2. The first-order chi connectivity index (χ1) is 14.1. The Morgan fingerprint density at radius 2 is 1.69 bits per heavy atom. The van der Waals surface area contributed by atoms with Crippen LogP contribution in [0, 0.1) is 5.82 Å². The second-order valence-corrected chi connectivity index (χ2v) is 6.33. The Bertz CT molecular complexity index is 1340. The Labute approximate surface area is 163 Å². The Hall–Kier alpha value is -4.34. The van der Waals surface area contributed by atoms with Gasteiger partial charge in [-0.25, -0.2) is 14.1 Å². The first-order valence-electron chi connectivity index (χ1n) is 8.64. The summed E-state index contributed by atoms with van der Waals surface area (Å²) in [6.45, 7) is 0. The van der Waals surface area contributed by atoms with Gasteiger partial charge in [0.2, 0.25) is 5.95 Å². The van der Waals surface area contributed by atoms with Crippen LogP contribution in [0.2, 0.25) is 0 Å². The van der Waals surface area contributed by atoms with Crippen LogP contribution in [0.1, 0.15) is 0 Å². The smallest absolute Gasteiger partial charge is 0.243 e. The van der Waals surface area contributed by atoms with Crippen molar-refractivity contribution in [3.63, 3.8) is 0 Å². The monoisotopic (exact) mass is 387 g/mol. The summed E-state index contributed by atoms with van der Waals surface area (Å²) < 4.78 is 16.5. The van der Waals surface area contributed by atoms with E-state index < -0.39 is 0 Å². The molecule has 4 N–H and O–H groups in total. The highest BCUT2D eigenvalue weighted by molar-refractivity contribution is 5.81. The van der Waals surface area contributed by atoms with Crippen molar-refractivity contribution in [2.45, 2.75) is 0 Å². The average Bonchev–Trinajstić information content (AvgIpc) is 3.33. The van der Waals surface area contributed by atoms with Gasteiger partial charge in [-0.1, -0.05) is 0 Å². The van der Waals surface area contributed by atoms with Gasteiger partial charge >= 0.3 is 0 Å². The van der Waals surface area contributed by atoms with Gasteiger partial charge in [0.05, 0.1) is 0 Å². The lowest BCUT2D eigenvalue weighted by atomic mass is 10.0. The molecule has 0 aliphatic rings. The number of hydrogen-bond acceptors (Lipinski definition) is 7. The standard InChI is InChI=1S/C19H14FN9/c20-13-3-1-11(2-4-13)18-14(12-7-8-23-15(21)9-12)10-28(27-18)17-6-5-16-24-25-19(22)29(16)26-17/h1-10H,(H2,21,23)(H2,22,25). The summed E-state index contributed by atoms with van der Waals surface area (Å²) in [7, 11) is 0. The van der Waals surface area contributed by atoms with Crippen molar-refractivity contribution in [1.29, 1.82) is 0 Å². The van der Waals surface area contributed by atoms with Crippen LogP contribution in [0.3, 0.4) is 0 Å². The Morgan fingerprint density at radius 1 is 0.862 bits per heavy atom. The topological polar surface area (TPSA) is 126 Å². The van der Waals surface area contributed by atoms with Crippen molar-refractivity contribution in [1.82, 2.24) is 34.6 Å². The van der Waals surface area contributed by atoms with Gasteiger partial charge < -0.3 is 11.5 Å². The molecule has 0 aliphatic heterocycles. The van der Waals surface area contributed by atoms with E-state index in [1.54, 1.807) is 41.2 Å². The number of anilines is 2. The van der Waals surface area contributed by atoms with Gasteiger partial charge in [-0.3, -0.25) is 0 Å². The second-order valence-electron chi connectivity index (χ2n) is 6.33. The number of rotatable bonds is 3. The van der Waals surface area contributed by atoms with Crippen LogP contribution in [0.25, 0.3) is 33.8 Å². The van der Waals surface area contributed by atoms with Crippen LogP contribution in [-0.2, 0) is 0 Å². The molecule has 0 atom stereocenters. The molecule has 0 fully saturated rings. The predicted molar refractivity (Wildman–Crippen MR) is 105 cm³/mol. The lowest BCUT2D eigenvalue weighted by Crippen LogP contribution is -2.05. The lowest BCUT2D eigenvalue weighted by molar-refractivity contribution is 0.628. The summed E-state index contributed by atoms with van der Waals surface area (Å²) in [5.41, 5.74) is 15.2. The van der Waals surface area contributed by atoms with Crippen LogP contribution in [0.4, 0.5) is 16.2 Å². The van der Waals surface area contributed by atoms with Gasteiger partial charge in [0.25, 0.3) is 0 Å². The molecule has 9 nitrogen and oxygen atoms in total. The van der Waals surface area contributed by atoms with Crippen LogP contribution >= 0.6 is 0 Å². The molecule has 0 bridgehead atoms. The fourth-order valence-corrected chi connectivity index (χ4v) is 3.06. The predicted octanol–water partition coefficient (Wildman–Crippen LogP) is 2.34. The van der Waals surface area contributed by atoms with Crippen molar-refractivity contribution in [2.75, 3.05) is 11.5 Å². The highest BCUT2D eigenvalue weighted by atomic mass is 19.1. The van der Waals surface area contributed by atoms with E-state index >= 15 is 0 Å². The number of fused-ring (bicyclic) bond motifs is 1. The van der Waals surface area contributed by atoms with E-state index in [1.807, 2.05) is 12.3 Å². The van der Waals surface area contributed by atoms with Crippen LogP contribution in [0.15, 0.2) is 60.9 Å². The molecule has 0 saturated heterocycles. The molecule has 0 aliphatic carbocycles. The number of benzene rings is 1. The van der Waals surface area contributed by atoms with Crippen molar-refractivity contribution in [2.24, 2.45) is 0 Å². The molecule has 1 aromatic carbocycles. The zero-order valence-electron chi connectivity index (χ0n) is 14.9. The molecule has 0 spiro atoms. The minimum atomic E-state index is -0.321. The molecule has 0 radical (unpaired) electrons. The quantitative estimate of drug-likeness (QED) is 0.486. The average molecular weight is 387 g/mol. The third kappa shape index (κ3) is 2.92. The van der Waals surface area contributed by atoms with Crippen LogP contribution < -0.4 is 11.5 Å². The first kappa shape index (κ1) is 16.8. The van der Waals surface area contributed by atoms with Crippen molar-refractivity contribution >= 4 is 17.4 Å². The number of aromatic nitrogens is 7. The van der Waals surface area contributed by atoms with Crippen molar-refractivity contribution in [3.05, 3.63) is 66.7 Å². The van der Waals surface area contributed by atoms with E-state index in [9.17, 15) is 4.39 Å². The molecular formula is C19H14FN9. The Morgan fingerprint density at radius 3 is 2.48 bits per heavy atom. The maximum absolute atomic E-state index is 13.4. The number of nitrogens with two attached hydrogens (primary N) is 2. The molecule has 142 valence electrons. The maximum Gasteiger partial charge on any atom is 0.243 e. The number of hydrogen-bond donors (Lipinski definition) is 2. The first-order valence-corrected chi connectivity index (χ1v) is 8.64. The minimum Gasteiger partial charge on any atom is -0.384 e. The number of pyridine rings is 1. The largest absolute Gasteiger partial charge is 0.384 e. The number of nitrogen functional groups attached to an aromatic ring is 2. The fourth-order valence-electron chi connectivity index (χ4n) is 3.06. The normalized spacial score (nSPS) is 11.2. The van der Waals surface area contributed by atoms with Crippen molar-refractivity contribution in [3.8, 4) is 28.2 Å². The highest BCUT2D eigenvalue weighted by Gasteiger charge is 2.16. The van der Waals surface area contributed by atoms with E-state index in [4.69, 9.17) is 11.5 Å². The van der Waals surface area contributed by atoms with Crippen LogP contribution in [-0.4, -0.2) is 34.6 Å². The summed E-state index contributed by atoms with van der Waals surface area (Å²) in [5.74, 6) is 0.755. The van der Waals surface area contributed by atoms with E-state index in [1.165, 1.54) is 16.6 Å². The molecule has 0 unspecified atom stereocenters. The van der Waals surface area contributed by atoms with Crippen molar-refractivity contribution < 1.29 is 4.39 Å². The van der Waals surface area contributed by atoms with Gasteiger partial charge in [0.15, 0.2) is 11.5 Å². The SMILES string of the molecule is Nc1cc(-c2cn(-c3ccc4nnc(N)n4n3)nc2-c2ccc(F)cc2)ccn1. The zero-order valence-corrected chi connectivity index (χ0v) is 14.9. The summed E-state index contributed by atoms with van der Waals surface area (Å²) >= 11 is 0. The number of halogens is 1. The molecule has 29 heavy (non-hydrogen) atoms. The third-order valence-corrected chi connectivity index (χ3v) is 4.43. The van der Waals surface area contributed by atoms with E-state index in [-0.39, 0.29) is 11.8 Å². The van der Waals surface area contributed by atoms with Gasteiger partial charge in [-0.2, -0.15) is 9.61 Å². The molecule has 5 aromatic rings. The molecule has 4 heterocycles. The fraction of sp³-hybridized carbons (Fsp3) is 0. The Balaban J connectivity index is 1.71. The summed E-state index contributed by atoms with van der Waals surface area (Å²) in [6.07, 6.45) is 3.45. The lowest BCUT2D eigenvalue weighted by Gasteiger charge is -2.03. The zero-order chi connectivity index (χ0) is 20.0. The minimum absolute atomic E-state index is 0.176. The maximum atomic E-state index is 13.4.